The third-order valence-corrected chi connectivity index (χ3v) is 4.58. The van der Waals surface area contributed by atoms with Crippen LogP contribution in [0.1, 0.15) is 24.9 Å². The lowest BCUT2D eigenvalue weighted by molar-refractivity contribution is 0.246. The van der Waals surface area contributed by atoms with Crippen molar-refractivity contribution in [1.29, 1.82) is 0 Å². The standard InChI is InChI=1S/C18H19N5O/c1-12-11-14(12)16(13-7-3-2-4-8-13)19-18(24)20-17-22-21-15-9-5-6-10-23(15)17/h2-10,12,14,16H,11H2,1H3,(H2,19,20,22,24)/t12-,14+,16+/m1/s1. The molecule has 6 nitrogen and oxygen atoms in total. The minimum atomic E-state index is -0.263. The van der Waals surface area contributed by atoms with Gasteiger partial charge >= 0.3 is 6.03 Å². The summed E-state index contributed by atoms with van der Waals surface area (Å²) in [5, 5.41) is 14.0. The molecule has 122 valence electrons. The van der Waals surface area contributed by atoms with Gasteiger partial charge in [-0.05, 0) is 36.0 Å². The van der Waals surface area contributed by atoms with Crippen LogP contribution in [0.25, 0.3) is 5.65 Å². The number of carbonyl (C=O) groups excluding carboxylic acids is 1. The van der Waals surface area contributed by atoms with E-state index in [9.17, 15) is 4.79 Å². The number of anilines is 1. The summed E-state index contributed by atoms with van der Waals surface area (Å²) < 4.78 is 1.75. The van der Waals surface area contributed by atoms with Gasteiger partial charge in [0.1, 0.15) is 0 Å². The maximum absolute atomic E-state index is 12.5. The zero-order chi connectivity index (χ0) is 16.5. The maximum Gasteiger partial charge on any atom is 0.322 e. The average Bonchev–Trinajstić information content (AvgIpc) is 3.20. The zero-order valence-electron chi connectivity index (χ0n) is 13.4. The quantitative estimate of drug-likeness (QED) is 0.775. The summed E-state index contributed by atoms with van der Waals surface area (Å²) in [4.78, 5) is 12.5. The third kappa shape index (κ3) is 2.82. The van der Waals surface area contributed by atoms with Gasteiger partial charge in [-0.25, -0.2) is 4.79 Å². The van der Waals surface area contributed by atoms with Crippen LogP contribution in [0.3, 0.4) is 0 Å². The number of hydrogen-bond donors (Lipinski definition) is 2. The number of rotatable bonds is 4. The fraction of sp³-hybridized carbons (Fsp3) is 0.278. The minimum absolute atomic E-state index is 0.0142. The highest BCUT2D eigenvalue weighted by atomic mass is 16.2. The van der Waals surface area contributed by atoms with E-state index >= 15 is 0 Å². The fourth-order valence-electron chi connectivity index (χ4n) is 3.12. The molecule has 0 radical (unpaired) electrons. The predicted octanol–water partition coefficient (Wildman–Crippen LogP) is 3.25. The van der Waals surface area contributed by atoms with E-state index in [2.05, 4.69) is 39.9 Å². The molecular weight excluding hydrogens is 302 g/mol. The number of hydrogen-bond acceptors (Lipinski definition) is 3. The highest BCUT2D eigenvalue weighted by Crippen LogP contribution is 2.46. The SMILES string of the molecule is C[C@@H]1C[C@@H]1[C@@H](NC(=O)Nc1nnc2ccccn12)c1ccccc1. The van der Waals surface area contributed by atoms with Crippen LogP contribution in [0.15, 0.2) is 54.7 Å². The Morgan fingerprint density at radius 2 is 1.92 bits per heavy atom. The van der Waals surface area contributed by atoms with E-state index in [1.165, 1.54) is 0 Å². The molecule has 0 aliphatic heterocycles. The molecule has 6 heteroatoms. The van der Waals surface area contributed by atoms with Crippen LogP contribution in [0.5, 0.6) is 0 Å². The summed E-state index contributed by atoms with van der Waals surface area (Å²) in [5.74, 6) is 1.52. The number of fused-ring (bicyclic) bond motifs is 1. The molecule has 0 spiro atoms. The molecule has 2 aromatic heterocycles. The van der Waals surface area contributed by atoms with E-state index < -0.39 is 0 Å². The largest absolute Gasteiger partial charge is 0.331 e. The number of benzene rings is 1. The average molecular weight is 321 g/mol. The topological polar surface area (TPSA) is 71.3 Å². The lowest BCUT2D eigenvalue weighted by Crippen LogP contribution is -2.34. The van der Waals surface area contributed by atoms with Crippen LogP contribution in [0, 0.1) is 11.8 Å². The molecule has 1 saturated carbocycles. The van der Waals surface area contributed by atoms with Crippen molar-refractivity contribution >= 4 is 17.6 Å². The molecule has 1 aliphatic carbocycles. The molecule has 2 amide bonds. The van der Waals surface area contributed by atoms with Gasteiger partial charge in [0.25, 0.3) is 0 Å². The molecule has 1 fully saturated rings. The molecule has 2 N–H and O–H groups in total. The smallest absolute Gasteiger partial charge is 0.322 e. The predicted molar refractivity (Wildman–Crippen MR) is 91.6 cm³/mol. The van der Waals surface area contributed by atoms with Crippen LogP contribution in [0.2, 0.25) is 0 Å². The number of urea groups is 1. The van der Waals surface area contributed by atoms with Gasteiger partial charge in [0.15, 0.2) is 5.65 Å². The minimum Gasteiger partial charge on any atom is -0.331 e. The molecule has 2 heterocycles. The van der Waals surface area contributed by atoms with Crippen LogP contribution >= 0.6 is 0 Å². The molecule has 0 unspecified atom stereocenters. The van der Waals surface area contributed by atoms with Gasteiger partial charge in [-0.1, -0.05) is 43.3 Å². The van der Waals surface area contributed by atoms with E-state index in [4.69, 9.17) is 0 Å². The molecule has 24 heavy (non-hydrogen) atoms. The molecule has 3 aromatic rings. The molecule has 3 atom stereocenters. The molecule has 4 rings (SSSR count). The highest BCUT2D eigenvalue weighted by molar-refractivity contribution is 5.88. The summed E-state index contributed by atoms with van der Waals surface area (Å²) in [6.45, 7) is 2.21. The van der Waals surface area contributed by atoms with Crippen molar-refractivity contribution in [3.05, 3.63) is 60.3 Å². The highest BCUT2D eigenvalue weighted by Gasteiger charge is 2.41. The van der Waals surface area contributed by atoms with Crippen LogP contribution < -0.4 is 10.6 Å². The summed E-state index contributed by atoms with van der Waals surface area (Å²) in [6.07, 6.45) is 2.95. The maximum atomic E-state index is 12.5. The monoisotopic (exact) mass is 321 g/mol. The number of aromatic nitrogens is 3. The third-order valence-electron chi connectivity index (χ3n) is 4.58. The second-order valence-corrected chi connectivity index (χ2v) is 6.32. The van der Waals surface area contributed by atoms with Gasteiger partial charge in [-0.2, -0.15) is 0 Å². The van der Waals surface area contributed by atoms with Gasteiger partial charge in [0, 0.05) is 6.20 Å². The summed E-state index contributed by atoms with van der Waals surface area (Å²) in [5.41, 5.74) is 1.83. The lowest BCUT2D eigenvalue weighted by atomic mass is 10.0. The van der Waals surface area contributed by atoms with Crippen molar-refractivity contribution in [2.45, 2.75) is 19.4 Å². The van der Waals surface area contributed by atoms with Gasteiger partial charge in [0.2, 0.25) is 5.95 Å². The van der Waals surface area contributed by atoms with Gasteiger partial charge < -0.3 is 5.32 Å². The van der Waals surface area contributed by atoms with E-state index in [0.717, 1.165) is 12.0 Å². The lowest BCUT2D eigenvalue weighted by Gasteiger charge is -2.19. The van der Waals surface area contributed by atoms with E-state index in [0.29, 0.717) is 23.4 Å². The van der Waals surface area contributed by atoms with Gasteiger partial charge in [0.05, 0.1) is 6.04 Å². The summed E-state index contributed by atoms with van der Waals surface area (Å²) in [7, 11) is 0. The number of amides is 2. The van der Waals surface area contributed by atoms with E-state index in [1.807, 2.05) is 42.6 Å². The van der Waals surface area contributed by atoms with Crippen LogP contribution in [-0.4, -0.2) is 20.6 Å². The molecule has 0 bridgehead atoms. The summed E-state index contributed by atoms with van der Waals surface area (Å²) in [6, 6.07) is 15.5. The molecule has 1 aliphatic rings. The zero-order valence-corrected chi connectivity index (χ0v) is 13.4. The Kier molecular flexibility index (Phi) is 3.65. The Labute approximate surface area is 139 Å². The van der Waals surface area contributed by atoms with E-state index in [1.54, 1.807) is 4.40 Å². The van der Waals surface area contributed by atoms with Crippen molar-refractivity contribution in [3.63, 3.8) is 0 Å². The van der Waals surface area contributed by atoms with Crippen molar-refractivity contribution in [1.82, 2.24) is 19.9 Å². The van der Waals surface area contributed by atoms with Crippen molar-refractivity contribution < 1.29 is 4.79 Å². The number of pyridine rings is 1. The van der Waals surface area contributed by atoms with Crippen molar-refractivity contribution in [2.24, 2.45) is 11.8 Å². The number of nitrogens with zero attached hydrogens (tertiary/aromatic N) is 3. The first-order chi connectivity index (χ1) is 11.7. The Balaban J connectivity index is 1.51. The normalized spacial score (nSPS) is 20.5. The first-order valence-electron chi connectivity index (χ1n) is 8.14. The Hall–Kier alpha value is -2.89. The number of carbonyl (C=O) groups is 1. The Bertz CT molecular complexity index is 860. The van der Waals surface area contributed by atoms with Crippen LogP contribution in [-0.2, 0) is 0 Å². The Morgan fingerprint density at radius 1 is 1.17 bits per heavy atom. The fourth-order valence-corrected chi connectivity index (χ4v) is 3.12. The van der Waals surface area contributed by atoms with Gasteiger partial charge in [-0.15, -0.1) is 10.2 Å². The first kappa shape index (κ1) is 14.7. The van der Waals surface area contributed by atoms with Gasteiger partial charge in [-0.3, -0.25) is 9.72 Å². The van der Waals surface area contributed by atoms with Crippen molar-refractivity contribution in [3.8, 4) is 0 Å². The first-order valence-corrected chi connectivity index (χ1v) is 8.14. The number of nitrogens with one attached hydrogen (secondary N) is 2. The molecule has 1 aromatic carbocycles. The molecular formula is C18H19N5O. The second-order valence-electron chi connectivity index (χ2n) is 6.32. The van der Waals surface area contributed by atoms with Crippen molar-refractivity contribution in [2.75, 3.05) is 5.32 Å². The molecule has 0 saturated heterocycles. The van der Waals surface area contributed by atoms with Crippen LogP contribution in [0.4, 0.5) is 10.7 Å². The van der Waals surface area contributed by atoms with E-state index in [-0.39, 0.29) is 12.1 Å². The second kappa shape index (κ2) is 5.96. The Morgan fingerprint density at radius 3 is 2.67 bits per heavy atom. The summed E-state index contributed by atoms with van der Waals surface area (Å²) >= 11 is 0.